The Balaban J connectivity index is 2.26. The van der Waals surface area contributed by atoms with Gasteiger partial charge in [-0.1, -0.05) is 20.8 Å². The second-order valence-electron chi connectivity index (χ2n) is 7.02. The van der Waals surface area contributed by atoms with Crippen LogP contribution >= 0.6 is 15.9 Å². The van der Waals surface area contributed by atoms with Crippen LogP contribution in [0.5, 0.6) is 5.88 Å². The van der Waals surface area contributed by atoms with Crippen molar-refractivity contribution in [2.24, 2.45) is 7.05 Å². The molecule has 0 saturated carbocycles. The van der Waals surface area contributed by atoms with E-state index in [0.717, 1.165) is 4.47 Å². The highest BCUT2D eigenvalue weighted by atomic mass is 79.9. The molecule has 1 unspecified atom stereocenters. The minimum atomic E-state index is -1.70. The van der Waals surface area contributed by atoms with Gasteiger partial charge in [0.25, 0.3) is 0 Å². The number of hydrogen-bond donors (Lipinski definition) is 0. The molecule has 5 nitrogen and oxygen atoms in total. The Labute approximate surface area is 143 Å². The molecule has 1 heterocycles. The van der Waals surface area contributed by atoms with Crippen LogP contribution in [0.2, 0.25) is 18.1 Å². The van der Waals surface area contributed by atoms with Crippen LogP contribution in [0.3, 0.4) is 0 Å². The normalized spacial score (nSPS) is 14.2. The first kappa shape index (κ1) is 19.7. The highest BCUT2D eigenvalue weighted by Gasteiger charge is 2.37. The third-order valence-corrected chi connectivity index (χ3v) is 9.10. The standard InChI is InChI=1S/C15H29BrN2O3Si/c1-12(11-21-22(6,7)15(2,3)4)19-8-9-20-14-13(16)10-17-18(14)5/h10,12H,8-9,11H2,1-7H3. The van der Waals surface area contributed by atoms with Gasteiger partial charge in [-0.15, -0.1) is 0 Å². The van der Waals surface area contributed by atoms with Crippen molar-refractivity contribution in [2.45, 2.75) is 51.9 Å². The van der Waals surface area contributed by atoms with Crippen molar-refractivity contribution in [3.8, 4) is 5.88 Å². The van der Waals surface area contributed by atoms with Gasteiger partial charge >= 0.3 is 0 Å². The second kappa shape index (κ2) is 7.94. The minimum Gasteiger partial charge on any atom is -0.475 e. The maximum atomic E-state index is 6.15. The van der Waals surface area contributed by atoms with Gasteiger partial charge in [-0.25, -0.2) is 4.68 Å². The summed E-state index contributed by atoms with van der Waals surface area (Å²) in [5.74, 6) is 0.716. The Hall–Kier alpha value is -0.373. The fourth-order valence-corrected chi connectivity index (χ4v) is 3.09. The van der Waals surface area contributed by atoms with Gasteiger partial charge in [0.05, 0.1) is 30.0 Å². The SMILES string of the molecule is CC(CO[Si](C)(C)C(C)(C)C)OCCOc1c(Br)cnn1C. The van der Waals surface area contributed by atoms with Crippen molar-refractivity contribution >= 4 is 24.2 Å². The topological polar surface area (TPSA) is 45.5 Å². The zero-order valence-corrected chi connectivity index (χ0v) is 17.4. The molecule has 0 aliphatic heterocycles. The first-order valence-corrected chi connectivity index (χ1v) is 11.3. The Kier molecular flexibility index (Phi) is 7.10. The molecule has 7 heteroatoms. The Morgan fingerprint density at radius 3 is 2.45 bits per heavy atom. The second-order valence-corrected chi connectivity index (χ2v) is 12.7. The van der Waals surface area contributed by atoms with Crippen molar-refractivity contribution in [3.05, 3.63) is 10.7 Å². The summed E-state index contributed by atoms with van der Waals surface area (Å²) in [6.45, 7) is 14.9. The van der Waals surface area contributed by atoms with Gasteiger partial charge in [0.2, 0.25) is 5.88 Å². The van der Waals surface area contributed by atoms with Gasteiger partial charge in [-0.2, -0.15) is 5.10 Å². The van der Waals surface area contributed by atoms with Gasteiger partial charge < -0.3 is 13.9 Å². The van der Waals surface area contributed by atoms with E-state index < -0.39 is 8.32 Å². The van der Waals surface area contributed by atoms with E-state index in [1.165, 1.54) is 0 Å². The zero-order valence-electron chi connectivity index (χ0n) is 14.8. The van der Waals surface area contributed by atoms with E-state index >= 15 is 0 Å². The van der Waals surface area contributed by atoms with E-state index in [1.54, 1.807) is 10.9 Å². The number of aryl methyl sites for hydroxylation is 1. The number of rotatable bonds is 8. The van der Waals surface area contributed by atoms with Crippen molar-refractivity contribution in [2.75, 3.05) is 19.8 Å². The van der Waals surface area contributed by atoms with Crippen LogP contribution in [0, 0.1) is 0 Å². The third-order valence-electron chi connectivity index (χ3n) is 4.05. The smallest absolute Gasteiger partial charge is 0.226 e. The Morgan fingerprint density at radius 2 is 1.95 bits per heavy atom. The lowest BCUT2D eigenvalue weighted by atomic mass is 10.2. The molecule has 0 amide bonds. The van der Waals surface area contributed by atoms with Crippen LogP contribution in [0.4, 0.5) is 0 Å². The van der Waals surface area contributed by atoms with Gasteiger partial charge in [0.1, 0.15) is 6.61 Å². The van der Waals surface area contributed by atoms with Crippen molar-refractivity contribution in [1.29, 1.82) is 0 Å². The molecule has 1 aromatic heterocycles. The predicted octanol–water partition coefficient (Wildman–Crippen LogP) is 3.99. The minimum absolute atomic E-state index is 0.0627. The van der Waals surface area contributed by atoms with Crippen LogP contribution in [-0.2, 0) is 16.2 Å². The van der Waals surface area contributed by atoms with E-state index in [4.69, 9.17) is 13.9 Å². The van der Waals surface area contributed by atoms with E-state index in [9.17, 15) is 0 Å². The van der Waals surface area contributed by atoms with Crippen molar-refractivity contribution < 1.29 is 13.9 Å². The van der Waals surface area contributed by atoms with Crippen LogP contribution in [-0.4, -0.2) is 44.0 Å². The summed E-state index contributed by atoms with van der Waals surface area (Å²) < 4.78 is 20.1. The summed E-state index contributed by atoms with van der Waals surface area (Å²) in [4.78, 5) is 0. The quantitative estimate of drug-likeness (QED) is 0.495. The molecule has 22 heavy (non-hydrogen) atoms. The maximum absolute atomic E-state index is 6.15. The average molecular weight is 393 g/mol. The lowest BCUT2D eigenvalue weighted by Crippen LogP contribution is -2.42. The molecule has 128 valence electrons. The Bertz CT molecular complexity index is 452. The van der Waals surface area contributed by atoms with Gasteiger partial charge in [-0.05, 0) is 41.0 Å². The molecule has 0 fully saturated rings. The number of ether oxygens (including phenoxy) is 2. The molecule has 0 aliphatic carbocycles. The third kappa shape index (κ3) is 5.68. The first-order chi connectivity index (χ1) is 10.0. The molecule has 0 N–H and O–H groups in total. The molecule has 0 aliphatic rings. The zero-order chi connectivity index (χ0) is 17.0. The molecule has 0 aromatic carbocycles. The van der Waals surface area contributed by atoms with Gasteiger partial charge in [0.15, 0.2) is 8.32 Å². The van der Waals surface area contributed by atoms with E-state index in [0.29, 0.717) is 25.7 Å². The molecule has 1 rings (SSSR count). The first-order valence-electron chi connectivity index (χ1n) is 7.60. The summed E-state index contributed by atoms with van der Waals surface area (Å²) >= 11 is 3.40. The fraction of sp³-hybridized carbons (Fsp3) is 0.800. The highest BCUT2D eigenvalue weighted by molar-refractivity contribution is 9.10. The molecule has 1 aromatic rings. The van der Waals surface area contributed by atoms with Crippen molar-refractivity contribution in [1.82, 2.24) is 9.78 Å². The van der Waals surface area contributed by atoms with Crippen molar-refractivity contribution in [3.63, 3.8) is 0 Å². The lowest BCUT2D eigenvalue weighted by Gasteiger charge is -2.36. The number of aromatic nitrogens is 2. The van der Waals surface area contributed by atoms with E-state index in [-0.39, 0.29) is 11.1 Å². The summed E-state index contributed by atoms with van der Waals surface area (Å²) in [5.41, 5.74) is 0. The van der Waals surface area contributed by atoms with Crippen LogP contribution in [0.1, 0.15) is 27.7 Å². The largest absolute Gasteiger partial charge is 0.475 e. The summed E-state index contributed by atoms with van der Waals surface area (Å²) in [5, 5.41) is 4.32. The number of halogens is 1. The fourth-order valence-electron chi connectivity index (χ4n) is 1.54. The molecular weight excluding hydrogens is 364 g/mol. The molecular formula is C15H29BrN2O3Si. The molecule has 0 bridgehead atoms. The average Bonchev–Trinajstić information content (AvgIpc) is 2.71. The highest BCUT2D eigenvalue weighted by Crippen LogP contribution is 2.36. The molecule has 1 atom stereocenters. The lowest BCUT2D eigenvalue weighted by molar-refractivity contribution is 0.0129. The number of hydrogen-bond acceptors (Lipinski definition) is 4. The van der Waals surface area contributed by atoms with Crippen LogP contribution in [0.25, 0.3) is 0 Å². The molecule has 0 spiro atoms. The summed E-state index contributed by atoms with van der Waals surface area (Å²) in [7, 11) is 0.141. The Morgan fingerprint density at radius 1 is 1.32 bits per heavy atom. The molecule has 0 radical (unpaired) electrons. The molecule has 0 saturated heterocycles. The van der Waals surface area contributed by atoms with Gasteiger partial charge in [-0.3, -0.25) is 0 Å². The van der Waals surface area contributed by atoms with E-state index in [2.05, 4.69) is 54.9 Å². The maximum Gasteiger partial charge on any atom is 0.226 e. The monoisotopic (exact) mass is 392 g/mol. The summed E-state index contributed by atoms with van der Waals surface area (Å²) in [6.07, 6.45) is 1.78. The van der Waals surface area contributed by atoms with Gasteiger partial charge in [0, 0.05) is 7.05 Å². The number of nitrogens with zero attached hydrogens (tertiary/aromatic N) is 2. The predicted molar refractivity (Wildman–Crippen MR) is 95.0 cm³/mol. The van der Waals surface area contributed by atoms with Crippen LogP contribution < -0.4 is 4.74 Å². The van der Waals surface area contributed by atoms with Crippen LogP contribution in [0.15, 0.2) is 10.7 Å². The summed E-state index contributed by atoms with van der Waals surface area (Å²) in [6, 6.07) is 0. The van der Waals surface area contributed by atoms with E-state index in [1.807, 2.05) is 14.0 Å².